The monoisotopic (exact) mass is 560 g/mol. The number of hydrogen-bond acceptors (Lipinski definition) is 4. The summed E-state index contributed by atoms with van der Waals surface area (Å²) in [5, 5.41) is 17.7. The Morgan fingerprint density at radius 2 is 1.57 bits per heavy atom. The van der Waals surface area contributed by atoms with Crippen molar-refractivity contribution < 1.29 is 14.7 Å². The van der Waals surface area contributed by atoms with E-state index in [1.807, 2.05) is 84.0 Å². The van der Waals surface area contributed by atoms with Gasteiger partial charge in [-0.05, 0) is 52.8 Å². The molecule has 0 saturated heterocycles. The first-order valence-electron chi connectivity index (χ1n) is 12.6. The van der Waals surface area contributed by atoms with Gasteiger partial charge in [-0.15, -0.1) is 0 Å². The highest BCUT2D eigenvalue weighted by Gasteiger charge is 2.60. The Bertz CT molecular complexity index is 1410. The van der Waals surface area contributed by atoms with Crippen molar-refractivity contribution in [1.29, 1.82) is 0 Å². The first-order chi connectivity index (χ1) is 17.3. The summed E-state index contributed by atoms with van der Waals surface area (Å²) in [6.45, 7) is 12.6. The number of phenols is 1. The normalized spacial score (nSPS) is 20.7. The highest BCUT2D eigenvalue weighted by Crippen LogP contribution is 2.53. The van der Waals surface area contributed by atoms with Gasteiger partial charge in [0, 0.05) is 50.6 Å². The second kappa shape index (κ2) is 8.45. The average molecular weight is 562 g/mol. The number of fused-ring (bicyclic) bond motifs is 2. The van der Waals surface area contributed by atoms with Crippen LogP contribution in [0.1, 0.15) is 80.1 Å². The topological polar surface area (TPSA) is 78.4 Å². The van der Waals surface area contributed by atoms with Crippen molar-refractivity contribution in [3.8, 4) is 5.75 Å². The van der Waals surface area contributed by atoms with Gasteiger partial charge in [0.25, 0.3) is 0 Å². The minimum Gasteiger partial charge on any atom is -0.507 e. The van der Waals surface area contributed by atoms with Crippen molar-refractivity contribution in [2.75, 3.05) is 17.2 Å². The van der Waals surface area contributed by atoms with Crippen molar-refractivity contribution in [3.63, 3.8) is 0 Å². The Hall–Kier alpha value is -3.12. The maximum absolute atomic E-state index is 14.9. The van der Waals surface area contributed by atoms with Crippen LogP contribution in [0.25, 0.3) is 0 Å². The molecule has 3 aromatic rings. The number of rotatable bonds is 3. The molecule has 2 unspecified atom stereocenters. The average Bonchev–Trinajstić information content (AvgIpc) is 3.36. The molecule has 0 aliphatic carbocycles. The summed E-state index contributed by atoms with van der Waals surface area (Å²) >= 11 is 3.57. The number of hydrogen-bond donors (Lipinski definition) is 3. The fourth-order valence-corrected chi connectivity index (χ4v) is 6.19. The van der Waals surface area contributed by atoms with Gasteiger partial charge in [0.1, 0.15) is 11.2 Å². The number of para-hydroxylation sites is 1. The molecular formula is C31H33BrN2O3. The molecule has 2 atom stereocenters. The van der Waals surface area contributed by atoms with E-state index in [4.69, 9.17) is 0 Å². The third-order valence-electron chi connectivity index (χ3n) is 7.71. The lowest BCUT2D eigenvalue weighted by molar-refractivity contribution is -0.119. The number of carbonyl (C=O) groups is 2. The zero-order valence-corrected chi connectivity index (χ0v) is 23.7. The standard InChI is InChI=1S/C31H33BrN2O3/c1-29(2,3)21-13-17(14-22(26(21)35)30(4,5)6)27(36)31(23-16-33-24-10-8-7-9-19(23)24)20-15-18(32)11-12-25(20)34-28(31)37/h7-15,23,33,35H,16H2,1-6H3,(H,34,37). The summed E-state index contributed by atoms with van der Waals surface area (Å²) in [5.41, 5.74) is 2.73. The lowest BCUT2D eigenvalue weighted by atomic mass is 9.64. The largest absolute Gasteiger partial charge is 0.507 e. The quantitative estimate of drug-likeness (QED) is 0.237. The zero-order valence-electron chi connectivity index (χ0n) is 22.1. The molecule has 0 fully saturated rings. The summed E-state index contributed by atoms with van der Waals surface area (Å²) < 4.78 is 0.802. The number of phenolic OH excluding ortho intramolecular Hbond substituents is 1. The van der Waals surface area contributed by atoms with Crippen molar-refractivity contribution >= 4 is 39.0 Å². The third kappa shape index (κ3) is 3.88. The van der Waals surface area contributed by atoms with Crippen LogP contribution in [0, 0.1) is 0 Å². The molecule has 0 radical (unpaired) electrons. The van der Waals surface area contributed by atoms with Gasteiger partial charge in [0.15, 0.2) is 5.78 Å². The molecule has 6 heteroatoms. The lowest BCUT2D eigenvalue weighted by Crippen LogP contribution is -2.48. The van der Waals surface area contributed by atoms with Crippen molar-refractivity contribution in [3.05, 3.63) is 86.9 Å². The number of anilines is 2. The van der Waals surface area contributed by atoms with Gasteiger partial charge < -0.3 is 15.7 Å². The predicted octanol–water partition coefficient (Wildman–Crippen LogP) is 7.03. The number of benzene rings is 3. The van der Waals surface area contributed by atoms with Gasteiger partial charge in [0.05, 0.1) is 0 Å². The van der Waals surface area contributed by atoms with Crippen molar-refractivity contribution in [2.45, 2.75) is 63.7 Å². The third-order valence-corrected chi connectivity index (χ3v) is 8.21. The van der Waals surface area contributed by atoms with Crippen molar-refractivity contribution in [2.24, 2.45) is 0 Å². The SMILES string of the molecule is CC(C)(C)c1cc(C(=O)C2(C3CNc4ccccc43)C(=O)Nc3ccc(Br)cc32)cc(C(C)(C)C)c1O. The fourth-order valence-electron chi connectivity index (χ4n) is 5.83. The van der Waals surface area contributed by atoms with E-state index in [0.29, 0.717) is 34.5 Å². The van der Waals surface area contributed by atoms with Gasteiger partial charge in [-0.3, -0.25) is 9.59 Å². The van der Waals surface area contributed by atoms with Gasteiger partial charge in [-0.1, -0.05) is 75.7 Å². The highest BCUT2D eigenvalue weighted by atomic mass is 79.9. The Balaban J connectivity index is 1.82. The minimum absolute atomic E-state index is 0.206. The second-order valence-corrected chi connectivity index (χ2v) is 13.1. The molecule has 5 nitrogen and oxygen atoms in total. The number of amides is 1. The molecule has 192 valence electrons. The Morgan fingerprint density at radius 3 is 2.19 bits per heavy atom. The van der Waals surface area contributed by atoms with E-state index in [1.54, 1.807) is 12.1 Å². The Morgan fingerprint density at radius 1 is 0.946 bits per heavy atom. The molecule has 2 aliphatic rings. The maximum atomic E-state index is 14.9. The van der Waals surface area contributed by atoms with Gasteiger partial charge in [-0.25, -0.2) is 0 Å². The van der Waals surface area contributed by atoms with E-state index in [0.717, 1.165) is 15.7 Å². The first kappa shape index (κ1) is 25.5. The number of carbonyl (C=O) groups excluding carboxylic acids is 2. The number of ketones is 1. The summed E-state index contributed by atoms with van der Waals surface area (Å²) in [6, 6.07) is 17.1. The van der Waals surface area contributed by atoms with Crippen LogP contribution in [0.4, 0.5) is 11.4 Å². The molecule has 1 amide bonds. The fraction of sp³-hybridized carbons (Fsp3) is 0.355. The van der Waals surface area contributed by atoms with E-state index < -0.39 is 22.2 Å². The van der Waals surface area contributed by atoms with Gasteiger partial charge in [-0.2, -0.15) is 0 Å². The molecule has 0 saturated carbocycles. The molecule has 2 aliphatic heterocycles. The number of halogens is 1. The molecule has 3 N–H and O–H groups in total. The molecule has 2 heterocycles. The Labute approximate surface area is 226 Å². The highest BCUT2D eigenvalue weighted by molar-refractivity contribution is 9.10. The van der Waals surface area contributed by atoms with Crippen LogP contribution in [0.2, 0.25) is 0 Å². The van der Waals surface area contributed by atoms with E-state index in [9.17, 15) is 14.7 Å². The van der Waals surface area contributed by atoms with E-state index in [-0.39, 0.29) is 17.4 Å². The maximum Gasteiger partial charge on any atom is 0.243 e. The number of Topliss-reactive ketones (excluding diaryl/α,β-unsaturated/α-hetero) is 1. The van der Waals surface area contributed by atoms with E-state index in [2.05, 4.69) is 26.6 Å². The zero-order chi connectivity index (χ0) is 26.9. The molecule has 0 aromatic heterocycles. The van der Waals surface area contributed by atoms with Gasteiger partial charge >= 0.3 is 0 Å². The van der Waals surface area contributed by atoms with Crippen LogP contribution in [-0.4, -0.2) is 23.3 Å². The van der Waals surface area contributed by atoms with Crippen LogP contribution >= 0.6 is 15.9 Å². The van der Waals surface area contributed by atoms with Crippen LogP contribution in [0.3, 0.4) is 0 Å². The summed E-state index contributed by atoms with van der Waals surface area (Å²) in [5.74, 6) is -0.785. The molecular weight excluding hydrogens is 528 g/mol. The second-order valence-electron chi connectivity index (χ2n) is 12.2. The number of aromatic hydroxyl groups is 1. The Kier molecular flexibility index (Phi) is 5.83. The van der Waals surface area contributed by atoms with E-state index in [1.165, 1.54) is 0 Å². The van der Waals surface area contributed by atoms with Crippen LogP contribution in [0.5, 0.6) is 5.75 Å². The molecule has 37 heavy (non-hydrogen) atoms. The molecule has 3 aromatic carbocycles. The first-order valence-corrected chi connectivity index (χ1v) is 13.4. The molecule has 0 spiro atoms. The lowest BCUT2D eigenvalue weighted by Gasteiger charge is -2.34. The van der Waals surface area contributed by atoms with Crippen molar-refractivity contribution in [1.82, 2.24) is 0 Å². The summed E-state index contributed by atoms with van der Waals surface area (Å²) in [6.07, 6.45) is 0. The van der Waals surface area contributed by atoms with Crippen LogP contribution in [0.15, 0.2) is 59.1 Å². The summed E-state index contributed by atoms with van der Waals surface area (Å²) in [7, 11) is 0. The molecule has 5 rings (SSSR count). The van der Waals surface area contributed by atoms with Gasteiger partial charge in [0.2, 0.25) is 5.91 Å². The minimum atomic E-state index is -1.47. The smallest absolute Gasteiger partial charge is 0.243 e. The molecule has 0 bridgehead atoms. The van der Waals surface area contributed by atoms with E-state index >= 15 is 0 Å². The predicted molar refractivity (Wildman–Crippen MR) is 152 cm³/mol. The van der Waals surface area contributed by atoms with Crippen LogP contribution < -0.4 is 10.6 Å². The number of nitrogens with one attached hydrogen (secondary N) is 2. The van der Waals surface area contributed by atoms with Crippen LogP contribution in [-0.2, 0) is 21.0 Å². The summed E-state index contributed by atoms with van der Waals surface area (Å²) in [4.78, 5) is 29.0.